The summed E-state index contributed by atoms with van der Waals surface area (Å²) in [7, 11) is 0. The Bertz CT molecular complexity index is 975. The summed E-state index contributed by atoms with van der Waals surface area (Å²) in [6, 6.07) is 4.02. The molecule has 0 spiro atoms. The number of nitrogen functional groups attached to an aromatic ring is 1. The molecule has 0 aromatic carbocycles. The van der Waals surface area contributed by atoms with Gasteiger partial charge in [0.15, 0.2) is 16.7 Å². The number of fused-ring (bicyclic) bond motifs is 1. The molecule has 4 rings (SSSR count). The van der Waals surface area contributed by atoms with Crippen LogP contribution in [-0.4, -0.2) is 42.4 Å². The van der Waals surface area contributed by atoms with Gasteiger partial charge in [-0.3, -0.25) is 9.78 Å². The van der Waals surface area contributed by atoms with Crippen LogP contribution in [0, 0.1) is 0 Å². The van der Waals surface area contributed by atoms with Crippen LogP contribution in [0.3, 0.4) is 0 Å². The average Bonchev–Trinajstić information content (AvgIpc) is 3.22. The second-order valence-corrected chi connectivity index (χ2v) is 6.60. The second kappa shape index (κ2) is 7.28. The van der Waals surface area contributed by atoms with Crippen molar-refractivity contribution in [2.24, 2.45) is 0 Å². The molecule has 27 heavy (non-hydrogen) atoms. The minimum Gasteiger partial charge on any atom is -0.382 e. The van der Waals surface area contributed by atoms with E-state index in [1.807, 2.05) is 6.07 Å². The van der Waals surface area contributed by atoms with Crippen LogP contribution >= 0.6 is 11.6 Å². The Hall–Kier alpha value is -3.07. The first-order chi connectivity index (χ1) is 13.1. The molecule has 0 aliphatic heterocycles. The Labute approximate surface area is 160 Å². The first-order valence-electron chi connectivity index (χ1n) is 8.55. The van der Waals surface area contributed by atoms with Gasteiger partial charge in [-0.05, 0) is 30.9 Å². The quantitative estimate of drug-likeness (QED) is 0.698. The maximum absolute atomic E-state index is 12.6. The van der Waals surface area contributed by atoms with Crippen LogP contribution in [0.15, 0.2) is 30.7 Å². The number of anilines is 1. The Morgan fingerprint density at radius 3 is 2.93 bits per heavy atom. The summed E-state index contributed by atoms with van der Waals surface area (Å²) in [5.74, 6) is -0.131. The number of carbonyl (C=O) groups excluding carboxylic acids is 1. The van der Waals surface area contributed by atoms with E-state index in [9.17, 15) is 4.79 Å². The number of hydrogen-bond donors (Lipinski definition) is 2. The van der Waals surface area contributed by atoms with Crippen LogP contribution in [0.5, 0.6) is 0 Å². The molecule has 3 aromatic rings. The lowest BCUT2D eigenvalue weighted by atomic mass is 9.86. The highest BCUT2D eigenvalue weighted by atomic mass is 35.5. The largest absolute Gasteiger partial charge is 0.382 e. The minimum atomic E-state index is -0.426. The lowest BCUT2D eigenvalue weighted by Crippen LogP contribution is -2.32. The summed E-state index contributed by atoms with van der Waals surface area (Å²) >= 11 is 6.13. The molecule has 0 saturated heterocycles. The summed E-state index contributed by atoms with van der Waals surface area (Å²) in [4.78, 5) is 26.4. The molecule has 1 unspecified atom stereocenters. The molecular formula is C17H17ClN8O. The van der Waals surface area contributed by atoms with Gasteiger partial charge in [0.25, 0.3) is 5.91 Å². The number of nitrogens with zero attached hydrogens (tertiary/aromatic N) is 6. The molecule has 10 heteroatoms. The van der Waals surface area contributed by atoms with E-state index in [1.165, 1.54) is 22.8 Å². The molecule has 138 valence electrons. The first kappa shape index (κ1) is 17.3. The van der Waals surface area contributed by atoms with E-state index in [4.69, 9.17) is 17.3 Å². The molecule has 0 saturated carbocycles. The van der Waals surface area contributed by atoms with E-state index in [0.29, 0.717) is 6.54 Å². The standard InChI is InChI=1S/C17H17ClN8O/c18-14-16(26-22-7-8-23-26)25-15(19)13(24-14)17(27)21-9-11-4-1-3-10-5-2-6-20-12(10)11/h2,5-8,11H,1,3-4,9H2,(H2,19,25)(H,21,27). The number of aryl methyl sites for hydroxylation is 1. The van der Waals surface area contributed by atoms with Crippen LogP contribution in [0.25, 0.3) is 5.82 Å². The summed E-state index contributed by atoms with van der Waals surface area (Å²) in [6.07, 6.45) is 7.79. The highest BCUT2D eigenvalue weighted by molar-refractivity contribution is 6.31. The number of amides is 1. The van der Waals surface area contributed by atoms with Gasteiger partial charge < -0.3 is 11.1 Å². The molecule has 3 aromatic heterocycles. The zero-order valence-electron chi connectivity index (χ0n) is 14.3. The minimum absolute atomic E-state index is 0.00442. The smallest absolute Gasteiger partial charge is 0.273 e. The van der Waals surface area contributed by atoms with Crippen molar-refractivity contribution in [3.63, 3.8) is 0 Å². The maximum Gasteiger partial charge on any atom is 0.273 e. The Balaban J connectivity index is 1.50. The van der Waals surface area contributed by atoms with Gasteiger partial charge in [0, 0.05) is 24.4 Å². The van der Waals surface area contributed by atoms with Gasteiger partial charge in [0.1, 0.15) is 0 Å². The van der Waals surface area contributed by atoms with Gasteiger partial charge in [0.05, 0.1) is 12.4 Å². The Morgan fingerprint density at radius 2 is 2.11 bits per heavy atom. The fourth-order valence-corrected chi connectivity index (χ4v) is 3.44. The van der Waals surface area contributed by atoms with Crippen LogP contribution in [0.2, 0.25) is 5.15 Å². The van der Waals surface area contributed by atoms with E-state index in [1.54, 1.807) is 6.20 Å². The monoisotopic (exact) mass is 384 g/mol. The van der Waals surface area contributed by atoms with Gasteiger partial charge >= 0.3 is 0 Å². The molecule has 1 aliphatic carbocycles. The topological polar surface area (TPSA) is 125 Å². The van der Waals surface area contributed by atoms with E-state index < -0.39 is 5.91 Å². The van der Waals surface area contributed by atoms with Crippen molar-refractivity contribution < 1.29 is 4.79 Å². The molecule has 9 nitrogen and oxygen atoms in total. The Kier molecular flexibility index (Phi) is 4.68. The summed E-state index contributed by atoms with van der Waals surface area (Å²) in [5, 5.41) is 10.7. The van der Waals surface area contributed by atoms with Crippen molar-refractivity contribution in [2.45, 2.75) is 25.2 Å². The predicted octanol–water partition coefficient (Wildman–Crippen LogP) is 1.54. The Morgan fingerprint density at radius 1 is 1.30 bits per heavy atom. The van der Waals surface area contributed by atoms with Gasteiger partial charge in [-0.1, -0.05) is 17.7 Å². The van der Waals surface area contributed by atoms with Crippen molar-refractivity contribution in [1.29, 1.82) is 0 Å². The van der Waals surface area contributed by atoms with Crippen molar-refractivity contribution in [3.8, 4) is 5.82 Å². The summed E-state index contributed by atoms with van der Waals surface area (Å²) in [5.41, 5.74) is 8.17. The number of nitrogens with two attached hydrogens (primary N) is 1. The van der Waals surface area contributed by atoms with E-state index in [-0.39, 0.29) is 28.4 Å². The number of nitrogens with one attached hydrogen (secondary N) is 1. The lowest BCUT2D eigenvalue weighted by Gasteiger charge is -2.24. The van der Waals surface area contributed by atoms with Crippen molar-refractivity contribution in [3.05, 3.63) is 52.8 Å². The highest BCUT2D eigenvalue weighted by Gasteiger charge is 2.24. The molecule has 1 amide bonds. The molecule has 1 aliphatic rings. The number of aromatic nitrogens is 6. The van der Waals surface area contributed by atoms with Gasteiger partial charge in [-0.15, -0.1) is 4.80 Å². The number of hydrogen-bond acceptors (Lipinski definition) is 7. The molecular weight excluding hydrogens is 368 g/mol. The van der Waals surface area contributed by atoms with E-state index >= 15 is 0 Å². The predicted molar refractivity (Wildman–Crippen MR) is 98.6 cm³/mol. The normalized spacial score (nSPS) is 16.0. The van der Waals surface area contributed by atoms with Crippen LogP contribution in [0.1, 0.15) is 40.5 Å². The van der Waals surface area contributed by atoms with Crippen LogP contribution < -0.4 is 11.1 Å². The number of pyridine rings is 1. The number of rotatable bonds is 4. The second-order valence-electron chi connectivity index (χ2n) is 6.24. The van der Waals surface area contributed by atoms with Gasteiger partial charge in [0.2, 0.25) is 5.82 Å². The summed E-state index contributed by atoms with van der Waals surface area (Å²) in [6.45, 7) is 0.448. The molecule has 0 fully saturated rings. The fourth-order valence-electron chi connectivity index (χ4n) is 3.24. The van der Waals surface area contributed by atoms with Crippen LogP contribution in [-0.2, 0) is 6.42 Å². The third kappa shape index (κ3) is 3.45. The van der Waals surface area contributed by atoms with Crippen LogP contribution in [0.4, 0.5) is 5.82 Å². The van der Waals surface area contributed by atoms with Gasteiger partial charge in [-0.2, -0.15) is 10.2 Å². The lowest BCUT2D eigenvalue weighted by molar-refractivity contribution is 0.0945. The zero-order chi connectivity index (χ0) is 18.8. The maximum atomic E-state index is 12.6. The van der Waals surface area contributed by atoms with E-state index in [2.05, 4.69) is 36.5 Å². The first-order valence-corrected chi connectivity index (χ1v) is 8.93. The fraction of sp³-hybridized carbons (Fsp3) is 0.294. The molecule has 1 atom stereocenters. The molecule has 3 N–H and O–H groups in total. The number of carbonyl (C=O) groups is 1. The third-order valence-corrected chi connectivity index (χ3v) is 4.76. The highest BCUT2D eigenvalue weighted by Crippen LogP contribution is 2.29. The van der Waals surface area contributed by atoms with E-state index in [0.717, 1.165) is 25.0 Å². The zero-order valence-corrected chi connectivity index (χ0v) is 15.1. The number of halogens is 1. The van der Waals surface area contributed by atoms with Crippen molar-refractivity contribution in [1.82, 2.24) is 35.3 Å². The third-order valence-electron chi connectivity index (χ3n) is 4.51. The summed E-state index contributed by atoms with van der Waals surface area (Å²) < 4.78 is 0. The van der Waals surface area contributed by atoms with Gasteiger partial charge in [-0.25, -0.2) is 9.97 Å². The van der Waals surface area contributed by atoms with Crippen molar-refractivity contribution in [2.75, 3.05) is 12.3 Å². The average molecular weight is 385 g/mol. The molecule has 3 heterocycles. The molecule has 0 bridgehead atoms. The molecule has 0 radical (unpaired) electrons. The SMILES string of the molecule is Nc1nc(-n2nccn2)c(Cl)nc1C(=O)NCC1CCCc2cccnc21. The van der Waals surface area contributed by atoms with Crippen molar-refractivity contribution >= 4 is 23.3 Å².